The molecule has 1 aromatic carbocycles. The van der Waals surface area contributed by atoms with E-state index >= 15 is 0 Å². The van der Waals surface area contributed by atoms with Crippen LogP contribution in [0.4, 0.5) is 10.2 Å². The third-order valence-electron chi connectivity index (χ3n) is 4.40. The van der Waals surface area contributed by atoms with E-state index in [-0.39, 0.29) is 22.9 Å². The van der Waals surface area contributed by atoms with Gasteiger partial charge in [-0.3, -0.25) is 9.69 Å². The van der Waals surface area contributed by atoms with E-state index in [0.29, 0.717) is 12.2 Å². The molecule has 0 atom stereocenters. The zero-order valence-electron chi connectivity index (χ0n) is 17.3. The third kappa shape index (κ3) is 5.28. The first kappa shape index (κ1) is 22.0. The second-order valence-electron chi connectivity index (χ2n) is 6.77. The molecule has 11 nitrogen and oxygen atoms in total. The maximum absolute atomic E-state index is 13.7. The van der Waals surface area contributed by atoms with Crippen LogP contribution in [0, 0.1) is 5.82 Å². The number of anilines is 1. The molecule has 12 heteroatoms. The number of aromatic nitrogens is 5. The lowest BCUT2D eigenvalue weighted by atomic mass is 10.2. The highest BCUT2D eigenvalue weighted by atomic mass is 19.1. The number of carbonyl (C=O) groups excluding carboxylic acids is 1. The molecular formula is C19H24FN9O2. The highest BCUT2D eigenvalue weighted by molar-refractivity contribution is 5.94. The second kappa shape index (κ2) is 10.4. The number of hydrazone groups is 1. The van der Waals surface area contributed by atoms with Gasteiger partial charge in [-0.15, -0.1) is 5.10 Å². The Kier molecular flexibility index (Phi) is 7.38. The number of benzene rings is 1. The molecule has 3 aromatic rings. The van der Waals surface area contributed by atoms with E-state index in [1.165, 1.54) is 17.0 Å². The minimum absolute atomic E-state index is 0.0215. The maximum atomic E-state index is 13.7. The van der Waals surface area contributed by atoms with E-state index in [1.54, 1.807) is 18.2 Å². The molecule has 0 unspecified atom stereocenters. The van der Waals surface area contributed by atoms with Crippen molar-refractivity contribution in [3.05, 3.63) is 47.0 Å². The molecule has 2 heterocycles. The van der Waals surface area contributed by atoms with Crippen molar-refractivity contribution < 1.29 is 13.8 Å². The molecule has 0 aliphatic carbocycles. The maximum Gasteiger partial charge on any atom is 0.293 e. The van der Waals surface area contributed by atoms with Crippen molar-refractivity contribution >= 4 is 17.9 Å². The number of carbonyl (C=O) groups is 1. The Morgan fingerprint density at radius 3 is 2.68 bits per heavy atom. The second-order valence-corrected chi connectivity index (χ2v) is 6.77. The van der Waals surface area contributed by atoms with Crippen LogP contribution in [0.3, 0.4) is 0 Å². The molecule has 3 N–H and O–H groups in total. The fraction of sp³-hybridized carbons (Fsp3) is 0.368. The number of rotatable bonds is 10. The summed E-state index contributed by atoms with van der Waals surface area (Å²) >= 11 is 0. The normalized spacial score (nSPS) is 11.5. The molecule has 2 aromatic heterocycles. The molecule has 0 fully saturated rings. The summed E-state index contributed by atoms with van der Waals surface area (Å²) in [5, 5.41) is 19.2. The van der Waals surface area contributed by atoms with Crippen molar-refractivity contribution in [1.29, 1.82) is 0 Å². The number of hydrogen-bond acceptors (Lipinski definition) is 9. The van der Waals surface area contributed by atoms with E-state index < -0.39 is 11.7 Å². The molecule has 164 valence electrons. The van der Waals surface area contributed by atoms with Gasteiger partial charge in [-0.2, -0.15) is 9.78 Å². The molecule has 0 radical (unpaired) electrons. The summed E-state index contributed by atoms with van der Waals surface area (Å²) in [6.07, 6.45) is 3.09. The number of hydrogen-bond donors (Lipinski definition) is 2. The largest absolute Gasteiger partial charge is 0.378 e. The van der Waals surface area contributed by atoms with Crippen LogP contribution in [0.15, 0.2) is 34.0 Å². The monoisotopic (exact) mass is 429 g/mol. The summed E-state index contributed by atoms with van der Waals surface area (Å²) < 4.78 is 19.7. The van der Waals surface area contributed by atoms with Crippen molar-refractivity contribution in [1.82, 2.24) is 35.6 Å². The molecule has 1 amide bonds. The highest BCUT2D eigenvalue weighted by Gasteiger charge is 2.25. The lowest BCUT2D eigenvalue weighted by Crippen LogP contribution is -2.28. The van der Waals surface area contributed by atoms with Crippen LogP contribution in [0.25, 0.3) is 5.82 Å². The highest BCUT2D eigenvalue weighted by Crippen LogP contribution is 2.18. The summed E-state index contributed by atoms with van der Waals surface area (Å²) in [5.74, 6) is -0.884. The Balaban J connectivity index is 1.88. The Bertz CT molecular complexity index is 1040. The molecule has 0 aliphatic heterocycles. The number of nitrogens with two attached hydrogens (primary N) is 1. The van der Waals surface area contributed by atoms with E-state index in [9.17, 15) is 9.18 Å². The smallest absolute Gasteiger partial charge is 0.293 e. The first-order valence-corrected chi connectivity index (χ1v) is 9.88. The zero-order valence-corrected chi connectivity index (χ0v) is 17.3. The molecule has 0 aliphatic rings. The van der Waals surface area contributed by atoms with E-state index in [2.05, 4.69) is 54.5 Å². The first-order chi connectivity index (χ1) is 15.0. The third-order valence-corrected chi connectivity index (χ3v) is 4.40. The molecule has 0 spiro atoms. The molecular weight excluding hydrogens is 405 g/mol. The van der Waals surface area contributed by atoms with Crippen LogP contribution < -0.4 is 11.2 Å². The fourth-order valence-electron chi connectivity index (χ4n) is 3.04. The van der Waals surface area contributed by atoms with Crippen molar-refractivity contribution in [3.63, 3.8) is 0 Å². The van der Waals surface area contributed by atoms with Crippen molar-refractivity contribution in [2.45, 2.75) is 33.2 Å². The lowest BCUT2D eigenvalue weighted by Gasteiger charge is -2.21. The van der Waals surface area contributed by atoms with Crippen LogP contribution in [0.1, 0.15) is 48.4 Å². The summed E-state index contributed by atoms with van der Waals surface area (Å²) in [6.45, 7) is 6.16. The Morgan fingerprint density at radius 1 is 1.29 bits per heavy atom. The number of amides is 1. The number of nitrogen functional groups attached to an aromatic ring is 1. The molecule has 3 rings (SSSR count). The summed E-state index contributed by atoms with van der Waals surface area (Å²) in [7, 11) is 0. The molecule has 0 saturated carbocycles. The van der Waals surface area contributed by atoms with Gasteiger partial charge in [0.05, 0.1) is 11.9 Å². The van der Waals surface area contributed by atoms with Gasteiger partial charge in [-0.1, -0.05) is 37.3 Å². The van der Waals surface area contributed by atoms with Gasteiger partial charge in [0.1, 0.15) is 5.82 Å². The van der Waals surface area contributed by atoms with Crippen molar-refractivity contribution in [3.8, 4) is 5.82 Å². The molecule has 31 heavy (non-hydrogen) atoms. The topological polar surface area (TPSA) is 140 Å². The van der Waals surface area contributed by atoms with Gasteiger partial charge >= 0.3 is 0 Å². The summed E-state index contributed by atoms with van der Waals surface area (Å²) in [6, 6.07) is 6.08. The van der Waals surface area contributed by atoms with Crippen molar-refractivity contribution in [2.75, 3.05) is 18.8 Å². The zero-order chi connectivity index (χ0) is 22.2. The van der Waals surface area contributed by atoms with Crippen LogP contribution >= 0.6 is 0 Å². The first-order valence-electron chi connectivity index (χ1n) is 9.88. The minimum Gasteiger partial charge on any atom is -0.378 e. The summed E-state index contributed by atoms with van der Waals surface area (Å²) in [5.41, 5.74) is 8.92. The van der Waals surface area contributed by atoms with Crippen molar-refractivity contribution in [2.24, 2.45) is 5.10 Å². The van der Waals surface area contributed by atoms with E-state index in [1.807, 2.05) is 0 Å². The van der Waals surface area contributed by atoms with Gasteiger partial charge in [0, 0.05) is 12.1 Å². The van der Waals surface area contributed by atoms with Gasteiger partial charge in [-0.25, -0.2) is 14.4 Å². The lowest BCUT2D eigenvalue weighted by molar-refractivity contribution is 0.0947. The number of nitrogens with zero attached hydrogens (tertiary/aromatic N) is 7. The standard InChI is InChI=1S/C19H24FN9O2/c1-3-9-28(10-4-2)12-15-16(23-27-29(15)18-17(21)25-31-26-18)19(30)24-22-11-13-7-5-6-8-14(13)20/h5-8,11H,3-4,9-10,12H2,1-2H3,(H2,21,25)(H,24,30). The Morgan fingerprint density at radius 2 is 2.03 bits per heavy atom. The number of halogens is 1. The predicted molar refractivity (Wildman–Crippen MR) is 111 cm³/mol. The average molecular weight is 429 g/mol. The SMILES string of the molecule is CCCN(CCC)Cc1c(C(=O)NN=Cc2ccccc2F)nnn1-c1nonc1N. The Hall–Kier alpha value is -3.67. The number of nitrogens with one attached hydrogen (secondary N) is 1. The molecule has 0 bridgehead atoms. The summed E-state index contributed by atoms with van der Waals surface area (Å²) in [4.78, 5) is 14.9. The van der Waals surface area contributed by atoms with Gasteiger partial charge in [-0.05, 0) is 42.3 Å². The van der Waals surface area contributed by atoms with E-state index in [0.717, 1.165) is 25.9 Å². The van der Waals surface area contributed by atoms with Gasteiger partial charge in [0.2, 0.25) is 11.6 Å². The van der Waals surface area contributed by atoms with Gasteiger partial charge in [0.25, 0.3) is 5.91 Å². The van der Waals surface area contributed by atoms with Crippen LogP contribution in [-0.4, -0.2) is 55.4 Å². The van der Waals surface area contributed by atoms with Gasteiger partial charge < -0.3 is 5.73 Å². The van der Waals surface area contributed by atoms with Crippen LogP contribution in [0.2, 0.25) is 0 Å². The predicted octanol–water partition coefficient (Wildman–Crippen LogP) is 1.76. The van der Waals surface area contributed by atoms with Crippen LogP contribution in [-0.2, 0) is 6.54 Å². The fourth-order valence-corrected chi connectivity index (χ4v) is 3.04. The van der Waals surface area contributed by atoms with E-state index in [4.69, 9.17) is 5.73 Å². The quantitative estimate of drug-likeness (QED) is 0.367. The van der Waals surface area contributed by atoms with Crippen LogP contribution in [0.5, 0.6) is 0 Å². The average Bonchev–Trinajstić information content (AvgIpc) is 3.35. The minimum atomic E-state index is -0.600. The molecule has 0 saturated heterocycles. The Labute approximate surface area is 178 Å². The van der Waals surface area contributed by atoms with Gasteiger partial charge in [0.15, 0.2) is 5.69 Å².